The van der Waals surface area contributed by atoms with Crippen molar-refractivity contribution in [2.45, 2.75) is 375 Å². The average molecular weight is 1350 g/mol. The Morgan fingerprint density at radius 2 is 0.737 bits per heavy atom. The smallest absolute Gasteiger partial charge is 0.220 e. The Morgan fingerprint density at radius 1 is 0.389 bits per heavy atom. The molecule has 17 unspecified atom stereocenters. The van der Waals surface area contributed by atoms with Crippen molar-refractivity contribution in [1.29, 1.82) is 0 Å². The van der Waals surface area contributed by atoms with Gasteiger partial charge in [0, 0.05) is 6.42 Å². The summed E-state index contributed by atoms with van der Waals surface area (Å²) in [6.07, 6.45) is 46.2. The third-order valence-electron chi connectivity index (χ3n) is 18.5. The van der Waals surface area contributed by atoms with Crippen LogP contribution in [0.2, 0.25) is 0 Å². The maximum absolute atomic E-state index is 13.4. The van der Waals surface area contributed by atoms with Gasteiger partial charge >= 0.3 is 0 Å². The van der Waals surface area contributed by atoms with E-state index in [9.17, 15) is 61.0 Å². The van der Waals surface area contributed by atoms with Gasteiger partial charge in [-0.1, -0.05) is 260 Å². The van der Waals surface area contributed by atoms with Crippen molar-refractivity contribution >= 4 is 5.91 Å². The van der Waals surface area contributed by atoms with Crippen LogP contribution in [0.3, 0.4) is 0 Å². The van der Waals surface area contributed by atoms with Gasteiger partial charge in [0.15, 0.2) is 18.9 Å². The Kier molecular flexibility index (Phi) is 51.8. The normalized spacial score (nSPS) is 27.6. The summed E-state index contributed by atoms with van der Waals surface area (Å²) in [5.41, 5.74) is 0. The topological polar surface area (TPSA) is 307 Å². The lowest BCUT2D eigenvalue weighted by molar-refractivity contribution is -0.379. The summed E-state index contributed by atoms with van der Waals surface area (Å²) in [4.78, 5) is 13.4. The molecule has 0 aliphatic carbocycles. The monoisotopic (exact) mass is 1350 g/mol. The highest BCUT2D eigenvalue weighted by atomic mass is 16.8. The Morgan fingerprint density at radius 3 is 1.18 bits per heavy atom. The lowest BCUT2D eigenvalue weighted by Crippen LogP contribution is -2.66. The van der Waals surface area contributed by atoms with E-state index in [0.29, 0.717) is 12.8 Å². The molecule has 0 radical (unpaired) electrons. The molecule has 3 fully saturated rings. The largest absolute Gasteiger partial charge is 0.394 e. The van der Waals surface area contributed by atoms with Gasteiger partial charge in [-0.25, -0.2) is 0 Å². The van der Waals surface area contributed by atoms with Crippen LogP contribution in [0.1, 0.15) is 271 Å². The van der Waals surface area contributed by atoms with Gasteiger partial charge in [0.05, 0.1) is 38.6 Å². The van der Waals surface area contributed by atoms with Crippen LogP contribution in [-0.2, 0) is 33.2 Å². The van der Waals surface area contributed by atoms with Crippen LogP contribution in [0, 0.1) is 0 Å². The van der Waals surface area contributed by atoms with E-state index in [-0.39, 0.29) is 18.9 Å². The number of hydrogen-bond donors (Lipinski definition) is 12. The highest BCUT2D eigenvalue weighted by molar-refractivity contribution is 5.76. The van der Waals surface area contributed by atoms with Gasteiger partial charge in [0.25, 0.3) is 0 Å². The molecule has 12 N–H and O–H groups in total. The molecule has 3 aliphatic heterocycles. The van der Waals surface area contributed by atoms with E-state index in [1.54, 1.807) is 6.08 Å². The van der Waals surface area contributed by atoms with Gasteiger partial charge in [-0.2, -0.15) is 0 Å². The van der Waals surface area contributed by atoms with Crippen molar-refractivity contribution in [3.05, 3.63) is 72.9 Å². The molecule has 0 aromatic carbocycles. The quantitative estimate of drug-likeness (QED) is 0.0199. The summed E-state index contributed by atoms with van der Waals surface area (Å²) in [5.74, 6) is -0.301. The molecule has 1 amide bonds. The predicted molar refractivity (Wildman–Crippen MR) is 374 cm³/mol. The van der Waals surface area contributed by atoms with Crippen molar-refractivity contribution in [2.75, 3.05) is 26.4 Å². The molecule has 0 spiro atoms. The Bertz CT molecular complexity index is 2000. The van der Waals surface area contributed by atoms with E-state index in [4.69, 9.17) is 28.4 Å². The molecular weight excluding hydrogens is 1210 g/mol. The summed E-state index contributed by atoms with van der Waals surface area (Å²) in [6.45, 7) is 1.60. The fourth-order valence-electron chi connectivity index (χ4n) is 12.4. The average Bonchev–Trinajstić information content (AvgIpc) is 0.787. The fourth-order valence-corrected chi connectivity index (χ4v) is 12.4. The van der Waals surface area contributed by atoms with Crippen LogP contribution in [0.25, 0.3) is 0 Å². The zero-order valence-corrected chi connectivity index (χ0v) is 58.6. The lowest BCUT2D eigenvalue weighted by Gasteiger charge is -2.48. The number of aliphatic hydroxyl groups is 11. The molecule has 3 aliphatic rings. The molecule has 19 heteroatoms. The van der Waals surface area contributed by atoms with Gasteiger partial charge in [0.1, 0.15) is 73.2 Å². The standard InChI is InChI=1S/C76H135NO18/c1-3-5-7-9-11-13-15-17-19-21-22-23-24-25-26-27-28-29-30-31-32-33-34-35-36-38-39-41-43-45-47-49-51-53-60(81)59(77-64(82)54-52-50-48-46-44-42-40-37-20-18-16-14-12-10-8-6-4-2)58-90-74-70(88)67(85)72(62(56-79)92-74)95-76-71(89)68(86)73(63(57-80)93-76)94-75-69(87)66(84)65(83)61(55-78)91-75/h6,8,12,14,18,20,36,38,43,45,51,53,59-63,65-76,78-81,83-89H,3-5,7,9-11,13,15-17,19,21-35,37,39-42,44,46-50,52,54-58H2,1-2H3,(H,77,82)/b8-6-,14-12-,20-18-,38-36+,45-43+,53-51+. The first-order valence-electron chi connectivity index (χ1n) is 37.7. The predicted octanol–water partition coefficient (Wildman–Crippen LogP) is 11.3. The third kappa shape index (κ3) is 38.0. The highest BCUT2D eigenvalue weighted by Gasteiger charge is 2.53. The maximum Gasteiger partial charge on any atom is 0.220 e. The van der Waals surface area contributed by atoms with Gasteiger partial charge < -0.3 is 89.9 Å². The second-order valence-electron chi connectivity index (χ2n) is 26.7. The van der Waals surface area contributed by atoms with E-state index in [1.165, 1.54) is 148 Å². The number of unbranched alkanes of at least 4 members (excludes halogenated alkanes) is 32. The molecule has 3 rings (SSSR count). The first-order valence-corrected chi connectivity index (χ1v) is 37.7. The minimum absolute atomic E-state index is 0.217. The van der Waals surface area contributed by atoms with Gasteiger partial charge in [0.2, 0.25) is 5.91 Å². The van der Waals surface area contributed by atoms with Crippen LogP contribution in [0.5, 0.6) is 0 Å². The number of nitrogens with one attached hydrogen (secondary N) is 1. The molecule has 3 saturated heterocycles. The minimum Gasteiger partial charge on any atom is -0.394 e. The van der Waals surface area contributed by atoms with E-state index in [0.717, 1.165) is 89.9 Å². The number of carbonyl (C=O) groups is 1. The first kappa shape index (κ1) is 86.5. The second kappa shape index (κ2) is 56.9. The van der Waals surface area contributed by atoms with Crippen LogP contribution in [-0.4, -0.2) is 193 Å². The third-order valence-corrected chi connectivity index (χ3v) is 18.5. The SMILES string of the molecule is CC/C=C\C/C=C\C/C=C\CCCCCCCCCC(=O)NC(COC1OC(CO)C(OC2OC(CO)C(OC3OC(CO)C(O)C(O)C3O)C(O)C2O)C(O)C1O)C(O)/C=C/CC/C=C/CC/C=C/CCCCCCCCCCCCCCCCCCCCCCCCC. The van der Waals surface area contributed by atoms with E-state index in [2.05, 4.69) is 79.9 Å². The van der Waals surface area contributed by atoms with Crippen LogP contribution in [0.15, 0.2) is 72.9 Å². The Balaban J connectivity index is 1.40. The number of carbonyl (C=O) groups excluding carboxylic acids is 1. The Hall–Kier alpha value is -2.77. The number of allylic oxidation sites excluding steroid dienone is 11. The van der Waals surface area contributed by atoms with Crippen molar-refractivity contribution in [3.8, 4) is 0 Å². The lowest BCUT2D eigenvalue weighted by atomic mass is 9.96. The maximum atomic E-state index is 13.4. The number of ether oxygens (including phenoxy) is 6. The molecule has 19 nitrogen and oxygen atoms in total. The number of rotatable bonds is 58. The van der Waals surface area contributed by atoms with Crippen LogP contribution in [0.4, 0.5) is 0 Å². The van der Waals surface area contributed by atoms with E-state index in [1.807, 2.05) is 6.08 Å². The van der Waals surface area contributed by atoms with Crippen LogP contribution >= 0.6 is 0 Å². The number of aliphatic hydroxyl groups excluding tert-OH is 11. The van der Waals surface area contributed by atoms with E-state index >= 15 is 0 Å². The highest BCUT2D eigenvalue weighted by Crippen LogP contribution is 2.33. The van der Waals surface area contributed by atoms with Crippen LogP contribution < -0.4 is 5.32 Å². The van der Waals surface area contributed by atoms with Gasteiger partial charge in [-0.15, -0.1) is 0 Å². The summed E-state index contributed by atoms with van der Waals surface area (Å²) < 4.78 is 34.3. The fraction of sp³-hybridized carbons (Fsp3) is 0.829. The minimum atomic E-state index is -1.99. The number of hydrogen-bond acceptors (Lipinski definition) is 18. The first-order chi connectivity index (χ1) is 46.3. The molecule has 95 heavy (non-hydrogen) atoms. The molecule has 0 saturated carbocycles. The Labute approximate surface area is 572 Å². The zero-order chi connectivity index (χ0) is 68.9. The van der Waals surface area contributed by atoms with Crippen molar-refractivity contribution in [1.82, 2.24) is 5.32 Å². The molecule has 0 bridgehead atoms. The summed E-state index contributed by atoms with van der Waals surface area (Å²) in [5, 5.41) is 121. The van der Waals surface area contributed by atoms with Crippen molar-refractivity contribution in [3.63, 3.8) is 0 Å². The molecule has 552 valence electrons. The molecule has 0 aromatic heterocycles. The second-order valence-corrected chi connectivity index (χ2v) is 26.7. The molecule has 0 aromatic rings. The zero-order valence-electron chi connectivity index (χ0n) is 58.6. The summed E-state index contributed by atoms with van der Waals surface area (Å²) >= 11 is 0. The molecule has 3 heterocycles. The van der Waals surface area contributed by atoms with Gasteiger partial charge in [-0.05, 0) is 77.0 Å². The number of amides is 1. The van der Waals surface area contributed by atoms with Gasteiger partial charge in [-0.3, -0.25) is 4.79 Å². The van der Waals surface area contributed by atoms with Crippen molar-refractivity contribution in [2.24, 2.45) is 0 Å². The van der Waals surface area contributed by atoms with Crippen molar-refractivity contribution < 1.29 is 89.4 Å². The summed E-state index contributed by atoms with van der Waals surface area (Å²) in [6, 6.07) is -1.01. The van der Waals surface area contributed by atoms with E-state index < -0.39 is 124 Å². The summed E-state index contributed by atoms with van der Waals surface area (Å²) in [7, 11) is 0. The molecular formula is C76H135NO18. The molecule has 17 atom stereocenters.